The van der Waals surface area contributed by atoms with Crippen LogP contribution in [-0.2, 0) is 11.3 Å². The molecular formula is C14H18ClNO. The van der Waals surface area contributed by atoms with Crippen LogP contribution in [0.1, 0.15) is 37.7 Å². The van der Waals surface area contributed by atoms with Gasteiger partial charge in [-0.1, -0.05) is 49.1 Å². The molecule has 1 aromatic carbocycles. The summed E-state index contributed by atoms with van der Waals surface area (Å²) in [6.45, 7) is 0.537. The number of amides is 1. The lowest BCUT2D eigenvalue weighted by Crippen LogP contribution is -2.31. The summed E-state index contributed by atoms with van der Waals surface area (Å²) in [6.07, 6.45) is 5.71. The fourth-order valence-corrected chi connectivity index (χ4v) is 2.54. The Kier molecular flexibility index (Phi) is 4.43. The highest BCUT2D eigenvalue weighted by molar-refractivity contribution is 6.31. The molecule has 3 heteroatoms. The monoisotopic (exact) mass is 251 g/mol. The minimum absolute atomic E-state index is 0.185. The van der Waals surface area contributed by atoms with Gasteiger partial charge < -0.3 is 5.32 Å². The summed E-state index contributed by atoms with van der Waals surface area (Å²) in [7, 11) is 0. The topological polar surface area (TPSA) is 29.1 Å². The minimum atomic E-state index is 0.185. The summed E-state index contributed by atoms with van der Waals surface area (Å²) in [4.78, 5) is 11.9. The van der Waals surface area contributed by atoms with Gasteiger partial charge in [0.15, 0.2) is 0 Å². The number of benzene rings is 1. The average molecular weight is 252 g/mol. The normalized spacial score (nSPS) is 16.8. The van der Waals surface area contributed by atoms with Crippen LogP contribution in [0.3, 0.4) is 0 Å². The molecule has 0 unspecified atom stereocenters. The Balaban J connectivity index is 1.85. The number of carbonyl (C=O) groups excluding carboxylic acids is 1. The van der Waals surface area contributed by atoms with E-state index < -0.39 is 0 Å². The maximum atomic E-state index is 11.9. The van der Waals surface area contributed by atoms with Gasteiger partial charge in [-0.05, 0) is 24.5 Å². The van der Waals surface area contributed by atoms with Crippen molar-refractivity contribution in [3.63, 3.8) is 0 Å². The zero-order chi connectivity index (χ0) is 12.1. The third-order valence-electron chi connectivity index (χ3n) is 3.39. The highest BCUT2D eigenvalue weighted by Crippen LogP contribution is 2.24. The van der Waals surface area contributed by atoms with Crippen LogP contribution < -0.4 is 5.32 Å². The van der Waals surface area contributed by atoms with Gasteiger partial charge in [0.2, 0.25) is 5.91 Å². The zero-order valence-corrected chi connectivity index (χ0v) is 10.7. The number of hydrogen-bond acceptors (Lipinski definition) is 1. The SMILES string of the molecule is O=C(NCc1ccccc1Cl)C1CCCCC1. The van der Waals surface area contributed by atoms with E-state index in [-0.39, 0.29) is 11.8 Å². The third kappa shape index (κ3) is 3.47. The van der Waals surface area contributed by atoms with Gasteiger partial charge in [0, 0.05) is 17.5 Å². The fourth-order valence-electron chi connectivity index (χ4n) is 2.33. The van der Waals surface area contributed by atoms with Crippen molar-refractivity contribution in [2.24, 2.45) is 5.92 Å². The standard InChI is InChI=1S/C14H18ClNO/c15-13-9-5-4-8-12(13)10-16-14(17)11-6-2-1-3-7-11/h4-5,8-9,11H,1-3,6-7,10H2,(H,16,17). The quantitative estimate of drug-likeness (QED) is 0.875. The lowest BCUT2D eigenvalue weighted by atomic mass is 9.88. The molecule has 1 saturated carbocycles. The Morgan fingerprint density at radius 1 is 1.24 bits per heavy atom. The molecule has 1 aliphatic rings. The molecule has 0 heterocycles. The van der Waals surface area contributed by atoms with Crippen molar-refractivity contribution in [1.29, 1.82) is 0 Å². The number of hydrogen-bond donors (Lipinski definition) is 1. The van der Waals surface area contributed by atoms with Gasteiger partial charge >= 0.3 is 0 Å². The smallest absolute Gasteiger partial charge is 0.223 e. The number of nitrogens with one attached hydrogen (secondary N) is 1. The summed E-state index contributed by atoms with van der Waals surface area (Å²) in [5, 5.41) is 3.71. The van der Waals surface area contributed by atoms with Gasteiger partial charge in [0.05, 0.1) is 0 Å². The molecule has 1 amide bonds. The largest absolute Gasteiger partial charge is 0.352 e. The van der Waals surface area contributed by atoms with Crippen LogP contribution in [-0.4, -0.2) is 5.91 Å². The van der Waals surface area contributed by atoms with E-state index in [1.54, 1.807) is 0 Å². The van der Waals surface area contributed by atoms with Crippen molar-refractivity contribution in [1.82, 2.24) is 5.32 Å². The molecule has 0 atom stereocenters. The Bertz CT molecular complexity index is 386. The minimum Gasteiger partial charge on any atom is -0.352 e. The van der Waals surface area contributed by atoms with E-state index in [1.165, 1.54) is 19.3 Å². The first-order valence-corrected chi connectivity index (χ1v) is 6.66. The number of halogens is 1. The third-order valence-corrected chi connectivity index (χ3v) is 3.76. The van der Waals surface area contributed by atoms with Crippen molar-refractivity contribution in [2.75, 3.05) is 0 Å². The second-order valence-corrected chi connectivity index (χ2v) is 5.05. The zero-order valence-electron chi connectivity index (χ0n) is 9.92. The molecule has 1 aliphatic carbocycles. The van der Waals surface area contributed by atoms with E-state index in [0.717, 1.165) is 23.4 Å². The Morgan fingerprint density at radius 2 is 1.94 bits per heavy atom. The van der Waals surface area contributed by atoms with Gasteiger partial charge in [0.1, 0.15) is 0 Å². The van der Waals surface area contributed by atoms with Crippen molar-refractivity contribution in [3.05, 3.63) is 34.9 Å². The average Bonchev–Trinajstić information content (AvgIpc) is 2.38. The highest BCUT2D eigenvalue weighted by atomic mass is 35.5. The van der Waals surface area contributed by atoms with Crippen LogP contribution in [0.2, 0.25) is 5.02 Å². The Labute approximate surface area is 107 Å². The molecule has 0 aliphatic heterocycles. The van der Waals surface area contributed by atoms with Gasteiger partial charge in [-0.3, -0.25) is 4.79 Å². The van der Waals surface area contributed by atoms with Gasteiger partial charge in [-0.2, -0.15) is 0 Å². The summed E-state index contributed by atoms with van der Waals surface area (Å²) in [5.74, 6) is 0.399. The molecule has 2 rings (SSSR count). The lowest BCUT2D eigenvalue weighted by molar-refractivity contribution is -0.126. The van der Waals surface area contributed by atoms with E-state index >= 15 is 0 Å². The van der Waals surface area contributed by atoms with Crippen LogP contribution in [0.5, 0.6) is 0 Å². The van der Waals surface area contributed by atoms with Crippen LogP contribution >= 0.6 is 11.6 Å². The van der Waals surface area contributed by atoms with Crippen LogP contribution in [0.25, 0.3) is 0 Å². The molecule has 1 fully saturated rings. The van der Waals surface area contributed by atoms with Crippen LogP contribution in [0.15, 0.2) is 24.3 Å². The van der Waals surface area contributed by atoms with E-state index in [0.29, 0.717) is 6.54 Å². The summed E-state index contributed by atoms with van der Waals surface area (Å²) >= 11 is 6.04. The van der Waals surface area contributed by atoms with Crippen molar-refractivity contribution in [2.45, 2.75) is 38.6 Å². The molecule has 0 aromatic heterocycles. The first-order valence-electron chi connectivity index (χ1n) is 6.28. The van der Waals surface area contributed by atoms with Gasteiger partial charge in [-0.15, -0.1) is 0 Å². The molecule has 2 nitrogen and oxygen atoms in total. The van der Waals surface area contributed by atoms with Crippen molar-refractivity contribution in [3.8, 4) is 0 Å². The second kappa shape index (κ2) is 6.06. The van der Waals surface area contributed by atoms with Crippen LogP contribution in [0.4, 0.5) is 0 Å². The fraction of sp³-hybridized carbons (Fsp3) is 0.500. The first-order chi connectivity index (χ1) is 8.27. The molecule has 1 aromatic rings. The molecule has 1 N–H and O–H groups in total. The second-order valence-electron chi connectivity index (χ2n) is 4.64. The van der Waals surface area contributed by atoms with E-state index in [9.17, 15) is 4.79 Å². The van der Waals surface area contributed by atoms with Gasteiger partial charge in [0.25, 0.3) is 0 Å². The maximum absolute atomic E-state index is 11.9. The molecule has 0 spiro atoms. The summed E-state index contributed by atoms with van der Waals surface area (Å²) in [6, 6.07) is 7.63. The Hall–Kier alpha value is -1.02. The number of rotatable bonds is 3. The summed E-state index contributed by atoms with van der Waals surface area (Å²) in [5.41, 5.74) is 0.985. The predicted molar refractivity (Wildman–Crippen MR) is 69.9 cm³/mol. The maximum Gasteiger partial charge on any atom is 0.223 e. The molecule has 0 saturated heterocycles. The molecule has 92 valence electrons. The lowest BCUT2D eigenvalue weighted by Gasteiger charge is -2.20. The predicted octanol–water partition coefficient (Wildman–Crippen LogP) is 3.54. The van der Waals surface area contributed by atoms with E-state index in [4.69, 9.17) is 11.6 Å². The van der Waals surface area contributed by atoms with Crippen molar-refractivity contribution >= 4 is 17.5 Å². The Morgan fingerprint density at radius 3 is 2.65 bits per heavy atom. The molecular weight excluding hydrogens is 234 g/mol. The van der Waals surface area contributed by atoms with Crippen LogP contribution in [0, 0.1) is 5.92 Å². The van der Waals surface area contributed by atoms with E-state index in [1.807, 2.05) is 24.3 Å². The molecule has 0 bridgehead atoms. The first kappa shape index (κ1) is 12.4. The highest BCUT2D eigenvalue weighted by Gasteiger charge is 2.20. The summed E-state index contributed by atoms with van der Waals surface area (Å²) < 4.78 is 0. The van der Waals surface area contributed by atoms with E-state index in [2.05, 4.69) is 5.32 Å². The molecule has 0 radical (unpaired) electrons. The number of carbonyl (C=O) groups is 1. The van der Waals surface area contributed by atoms with Gasteiger partial charge in [-0.25, -0.2) is 0 Å². The van der Waals surface area contributed by atoms with Crippen molar-refractivity contribution < 1.29 is 4.79 Å². The molecule has 17 heavy (non-hydrogen) atoms.